The van der Waals surface area contributed by atoms with Gasteiger partial charge in [0.25, 0.3) is 5.91 Å². The van der Waals surface area contributed by atoms with Gasteiger partial charge in [-0.25, -0.2) is 0 Å². The zero-order valence-electron chi connectivity index (χ0n) is 11.3. The number of hydrogen-bond acceptors (Lipinski definition) is 4. The van der Waals surface area contributed by atoms with Gasteiger partial charge < -0.3 is 15.8 Å². The van der Waals surface area contributed by atoms with E-state index in [9.17, 15) is 4.79 Å². The maximum absolute atomic E-state index is 10.6. The Morgan fingerprint density at radius 2 is 2.10 bits per heavy atom. The minimum atomic E-state index is -0.472. The van der Waals surface area contributed by atoms with E-state index >= 15 is 0 Å². The van der Waals surface area contributed by atoms with E-state index in [1.165, 1.54) is 10.4 Å². The maximum atomic E-state index is 10.6. The van der Waals surface area contributed by atoms with Crippen LogP contribution in [0.15, 0.2) is 41.8 Å². The number of benzene rings is 1. The van der Waals surface area contributed by atoms with Gasteiger partial charge in [0, 0.05) is 17.5 Å². The number of nitrogens with one attached hydrogen (secondary N) is 1. The monoisotopic (exact) mass is 290 g/mol. The molecule has 5 heteroatoms. The fourth-order valence-corrected chi connectivity index (χ4v) is 2.53. The van der Waals surface area contributed by atoms with Crippen molar-refractivity contribution in [3.8, 4) is 5.75 Å². The van der Waals surface area contributed by atoms with Crippen molar-refractivity contribution < 1.29 is 9.53 Å². The summed E-state index contributed by atoms with van der Waals surface area (Å²) in [6, 6.07) is 12.2. The van der Waals surface area contributed by atoms with Crippen LogP contribution in [0.5, 0.6) is 5.75 Å². The third-order valence-corrected chi connectivity index (χ3v) is 3.94. The van der Waals surface area contributed by atoms with Crippen molar-refractivity contribution in [1.29, 1.82) is 0 Å². The molecule has 1 heterocycles. The molecule has 2 rings (SSSR count). The van der Waals surface area contributed by atoms with E-state index in [0.717, 1.165) is 6.54 Å². The lowest BCUT2D eigenvalue weighted by Crippen LogP contribution is -2.20. The van der Waals surface area contributed by atoms with Gasteiger partial charge in [-0.1, -0.05) is 18.2 Å². The molecular weight excluding hydrogens is 272 g/mol. The van der Waals surface area contributed by atoms with Gasteiger partial charge in [0.05, 0.1) is 0 Å². The first-order valence-electron chi connectivity index (χ1n) is 6.42. The van der Waals surface area contributed by atoms with Crippen LogP contribution in [0.25, 0.3) is 0 Å². The van der Waals surface area contributed by atoms with Crippen LogP contribution >= 0.6 is 11.3 Å². The Morgan fingerprint density at radius 1 is 1.35 bits per heavy atom. The molecule has 0 saturated heterocycles. The third-order valence-electron chi connectivity index (χ3n) is 2.89. The molecule has 0 aliphatic rings. The zero-order chi connectivity index (χ0) is 14.4. The molecule has 1 aromatic carbocycles. The largest absolute Gasteiger partial charge is 0.484 e. The number of carbonyl (C=O) groups excluding carboxylic acids is 1. The SMILES string of the molecule is CC(NCc1ccc(OCC(N)=O)cc1)c1cccs1. The highest BCUT2D eigenvalue weighted by Crippen LogP contribution is 2.19. The molecule has 2 aromatic rings. The topological polar surface area (TPSA) is 64.3 Å². The molecule has 0 bridgehead atoms. The summed E-state index contributed by atoms with van der Waals surface area (Å²) in [5.41, 5.74) is 6.19. The van der Waals surface area contributed by atoms with Crippen molar-refractivity contribution in [2.75, 3.05) is 6.61 Å². The predicted molar refractivity (Wildman–Crippen MR) is 80.7 cm³/mol. The van der Waals surface area contributed by atoms with Gasteiger partial charge in [-0.05, 0) is 36.1 Å². The highest BCUT2D eigenvalue weighted by atomic mass is 32.1. The Bertz CT molecular complexity index is 538. The van der Waals surface area contributed by atoms with Crippen molar-refractivity contribution in [2.45, 2.75) is 19.5 Å². The van der Waals surface area contributed by atoms with E-state index in [4.69, 9.17) is 10.5 Å². The fraction of sp³-hybridized carbons (Fsp3) is 0.267. The lowest BCUT2D eigenvalue weighted by molar-refractivity contribution is -0.119. The molecular formula is C15H18N2O2S. The number of nitrogens with two attached hydrogens (primary N) is 1. The lowest BCUT2D eigenvalue weighted by atomic mass is 10.2. The van der Waals surface area contributed by atoms with Gasteiger partial charge in [-0.3, -0.25) is 4.79 Å². The van der Waals surface area contributed by atoms with Crippen LogP contribution in [0.3, 0.4) is 0 Å². The molecule has 1 amide bonds. The Balaban J connectivity index is 1.83. The van der Waals surface area contributed by atoms with Gasteiger partial charge in [0.15, 0.2) is 6.61 Å². The molecule has 0 aliphatic carbocycles. The number of hydrogen-bond donors (Lipinski definition) is 2. The van der Waals surface area contributed by atoms with Crippen LogP contribution in [0, 0.1) is 0 Å². The fourth-order valence-electron chi connectivity index (χ4n) is 1.77. The molecule has 1 unspecified atom stereocenters. The first kappa shape index (κ1) is 14.6. The Labute approximate surface area is 122 Å². The number of amides is 1. The van der Waals surface area contributed by atoms with Crippen LogP contribution in [0.2, 0.25) is 0 Å². The molecule has 1 aromatic heterocycles. The van der Waals surface area contributed by atoms with Crippen LogP contribution in [-0.4, -0.2) is 12.5 Å². The number of rotatable bonds is 7. The standard InChI is InChI=1S/C15H18N2O2S/c1-11(14-3-2-8-20-14)17-9-12-4-6-13(7-5-12)19-10-15(16)18/h2-8,11,17H,9-10H2,1H3,(H2,16,18). The van der Waals surface area contributed by atoms with Crippen LogP contribution in [-0.2, 0) is 11.3 Å². The molecule has 0 radical (unpaired) electrons. The second-order valence-corrected chi connectivity index (χ2v) is 5.50. The quantitative estimate of drug-likeness (QED) is 0.823. The van der Waals surface area contributed by atoms with E-state index in [1.54, 1.807) is 11.3 Å². The van der Waals surface area contributed by atoms with Crippen LogP contribution < -0.4 is 15.8 Å². The average Bonchev–Trinajstić information content (AvgIpc) is 2.98. The Kier molecular flexibility index (Phi) is 5.15. The molecule has 0 fully saturated rings. The first-order valence-corrected chi connectivity index (χ1v) is 7.30. The highest BCUT2D eigenvalue weighted by molar-refractivity contribution is 7.10. The molecule has 0 saturated carbocycles. The van der Waals surface area contributed by atoms with E-state index in [2.05, 4.69) is 29.8 Å². The van der Waals surface area contributed by atoms with Crippen LogP contribution in [0.4, 0.5) is 0 Å². The number of carbonyl (C=O) groups is 1. The van der Waals surface area contributed by atoms with Crippen molar-refractivity contribution >= 4 is 17.2 Å². The predicted octanol–water partition coefficient (Wildman–Crippen LogP) is 2.46. The summed E-state index contributed by atoms with van der Waals surface area (Å²) in [6.45, 7) is 2.85. The van der Waals surface area contributed by atoms with E-state index in [1.807, 2.05) is 24.3 Å². The van der Waals surface area contributed by atoms with Crippen molar-refractivity contribution in [3.05, 3.63) is 52.2 Å². The van der Waals surface area contributed by atoms with E-state index < -0.39 is 5.91 Å². The molecule has 0 aliphatic heterocycles. The molecule has 1 atom stereocenters. The van der Waals surface area contributed by atoms with Gasteiger partial charge in [0.2, 0.25) is 0 Å². The second-order valence-electron chi connectivity index (χ2n) is 4.52. The number of primary amides is 1. The normalized spacial score (nSPS) is 12.1. The number of thiophene rings is 1. The number of ether oxygens (including phenoxy) is 1. The summed E-state index contributed by atoms with van der Waals surface area (Å²) in [5, 5.41) is 5.55. The summed E-state index contributed by atoms with van der Waals surface area (Å²) >= 11 is 1.75. The molecule has 3 N–H and O–H groups in total. The van der Waals surface area contributed by atoms with Gasteiger partial charge in [-0.15, -0.1) is 11.3 Å². The van der Waals surface area contributed by atoms with Gasteiger partial charge >= 0.3 is 0 Å². The summed E-state index contributed by atoms with van der Waals surface area (Å²) in [5.74, 6) is 0.180. The average molecular weight is 290 g/mol. The molecule has 106 valence electrons. The minimum Gasteiger partial charge on any atom is -0.484 e. The summed E-state index contributed by atoms with van der Waals surface area (Å²) in [4.78, 5) is 11.9. The lowest BCUT2D eigenvalue weighted by Gasteiger charge is -2.12. The van der Waals surface area contributed by atoms with E-state index in [-0.39, 0.29) is 6.61 Å². The van der Waals surface area contributed by atoms with E-state index in [0.29, 0.717) is 11.8 Å². The summed E-state index contributed by atoms with van der Waals surface area (Å²) in [6.07, 6.45) is 0. The molecule has 20 heavy (non-hydrogen) atoms. The molecule has 4 nitrogen and oxygen atoms in total. The smallest absolute Gasteiger partial charge is 0.255 e. The summed E-state index contributed by atoms with van der Waals surface area (Å²) in [7, 11) is 0. The molecule has 0 spiro atoms. The van der Waals surface area contributed by atoms with Crippen molar-refractivity contribution in [1.82, 2.24) is 5.32 Å². The zero-order valence-corrected chi connectivity index (χ0v) is 12.2. The summed E-state index contributed by atoms with van der Waals surface area (Å²) < 4.78 is 5.21. The maximum Gasteiger partial charge on any atom is 0.255 e. The Hall–Kier alpha value is -1.85. The van der Waals surface area contributed by atoms with Gasteiger partial charge in [0.1, 0.15) is 5.75 Å². The third kappa shape index (κ3) is 4.36. The minimum absolute atomic E-state index is 0.0903. The second kappa shape index (κ2) is 7.07. The highest BCUT2D eigenvalue weighted by Gasteiger charge is 2.05. The van der Waals surface area contributed by atoms with Crippen molar-refractivity contribution in [3.63, 3.8) is 0 Å². The Morgan fingerprint density at radius 3 is 2.70 bits per heavy atom. The van der Waals surface area contributed by atoms with Crippen LogP contribution in [0.1, 0.15) is 23.4 Å². The van der Waals surface area contributed by atoms with Gasteiger partial charge in [-0.2, -0.15) is 0 Å². The van der Waals surface area contributed by atoms with Crippen molar-refractivity contribution in [2.24, 2.45) is 5.73 Å². The first-order chi connectivity index (χ1) is 9.65.